The Hall–Kier alpha value is -2.66. The number of rotatable bonds is 4. The number of hydrogen-bond acceptors (Lipinski definition) is 3. The smallest absolute Gasteiger partial charge is 0.228 e. The SMILES string of the molecule is CC1(C(=O)N2CCC3(CC2)CC(=O)NCC3c2ccccc2)CCN(Cc2ccccc2)CC1. The standard InChI is InChI=1S/C29H37N3O2/c1-28(12-16-31(17-13-28)22-23-8-4-2-5-9-23)27(34)32-18-14-29(15-19-32)20-26(33)30-21-25(29)24-10-6-3-7-11-24/h2-11,25H,12-22H2,1H3,(H,30,33). The molecule has 1 unspecified atom stereocenters. The van der Waals surface area contributed by atoms with Gasteiger partial charge in [-0.2, -0.15) is 0 Å². The van der Waals surface area contributed by atoms with Gasteiger partial charge >= 0.3 is 0 Å². The van der Waals surface area contributed by atoms with Crippen LogP contribution in [0.1, 0.15) is 56.1 Å². The van der Waals surface area contributed by atoms with Crippen molar-refractivity contribution >= 4 is 11.8 Å². The molecule has 3 aliphatic rings. The van der Waals surface area contributed by atoms with Crippen LogP contribution in [0.25, 0.3) is 0 Å². The summed E-state index contributed by atoms with van der Waals surface area (Å²) in [6, 6.07) is 21.2. The van der Waals surface area contributed by atoms with Gasteiger partial charge in [-0.25, -0.2) is 0 Å². The highest BCUT2D eigenvalue weighted by atomic mass is 16.2. The van der Waals surface area contributed by atoms with Crippen LogP contribution < -0.4 is 5.32 Å². The zero-order valence-electron chi connectivity index (χ0n) is 20.3. The Balaban J connectivity index is 1.21. The van der Waals surface area contributed by atoms with E-state index in [2.05, 4.69) is 76.6 Å². The lowest BCUT2D eigenvalue weighted by molar-refractivity contribution is -0.147. The maximum atomic E-state index is 13.7. The molecule has 5 rings (SSSR count). The molecule has 2 aromatic carbocycles. The van der Waals surface area contributed by atoms with Gasteiger partial charge in [-0.3, -0.25) is 14.5 Å². The first-order chi connectivity index (χ1) is 16.5. The zero-order chi connectivity index (χ0) is 23.6. The summed E-state index contributed by atoms with van der Waals surface area (Å²) in [6.45, 7) is 7.28. The molecule has 3 heterocycles. The summed E-state index contributed by atoms with van der Waals surface area (Å²) in [5, 5.41) is 3.09. The van der Waals surface area contributed by atoms with Crippen LogP contribution in [-0.4, -0.2) is 54.3 Å². The molecular weight excluding hydrogens is 422 g/mol. The highest BCUT2D eigenvalue weighted by Gasteiger charge is 2.48. The van der Waals surface area contributed by atoms with Gasteiger partial charge in [-0.1, -0.05) is 67.6 Å². The van der Waals surface area contributed by atoms with E-state index in [0.29, 0.717) is 24.8 Å². The van der Waals surface area contributed by atoms with E-state index >= 15 is 0 Å². The van der Waals surface area contributed by atoms with Gasteiger partial charge < -0.3 is 10.2 Å². The number of nitrogens with zero attached hydrogens (tertiary/aromatic N) is 2. The van der Waals surface area contributed by atoms with E-state index in [1.165, 1.54) is 11.1 Å². The summed E-state index contributed by atoms with van der Waals surface area (Å²) in [4.78, 5) is 30.6. The number of nitrogens with one attached hydrogen (secondary N) is 1. The van der Waals surface area contributed by atoms with Gasteiger partial charge in [-0.05, 0) is 55.3 Å². The first-order valence-electron chi connectivity index (χ1n) is 12.8. The van der Waals surface area contributed by atoms with E-state index in [1.807, 2.05) is 6.07 Å². The number of hydrogen-bond donors (Lipinski definition) is 1. The van der Waals surface area contributed by atoms with Crippen LogP contribution in [-0.2, 0) is 16.1 Å². The molecule has 0 saturated carbocycles. The molecule has 3 saturated heterocycles. The topological polar surface area (TPSA) is 52.7 Å². The van der Waals surface area contributed by atoms with Crippen molar-refractivity contribution in [2.45, 2.75) is 51.5 Å². The van der Waals surface area contributed by atoms with E-state index in [4.69, 9.17) is 0 Å². The Morgan fingerprint density at radius 3 is 2.18 bits per heavy atom. The number of likely N-dealkylation sites (tertiary alicyclic amines) is 2. The van der Waals surface area contributed by atoms with Crippen LogP contribution in [0.3, 0.4) is 0 Å². The molecule has 2 amide bonds. The third kappa shape index (κ3) is 4.63. The summed E-state index contributed by atoms with van der Waals surface area (Å²) < 4.78 is 0. The molecule has 0 bridgehead atoms. The lowest BCUT2D eigenvalue weighted by Gasteiger charge is -2.50. The van der Waals surface area contributed by atoms with Crippen molar-refractivity contribution in [2.75, 3.05) is 32.7 Å². The summed E-state index contributed by atoms with van der Waals surface area (Å²) in [6.07, 6.45) is 4.20. The van der Waals surface area contributed by atoms with Gasteiger partial charge in [0.25, 0.3) is 0 Å². The third-order valence-electron chi connectivity index (χ3n) is 8.73. The van der Waals surface area contributed by atoms with Gasteiger partial charge in [0.15, 0.2) is 0 Å². The fourth-order valence-corrected chi connectivity index (χ4v) is 6.42. The van der Waals surface area contributed by atoms with Crippen molar-refractivity contribution < 1.29 is 9.59 Å². The van der Waals surface area contributed by atoms with Crippen molar-refractivity contribution in [3.05, 3.63) is 71.8 Å². The summed E-state index contributed by atoms with van der Waals surface area (Å²) >= 11 is 0. The van der Waals surface area contributed by atoms with Crippen molar-refractivity contribution in [1.82, 2.24) is 15.1 Å². The van der Waals surface area contributed by atoms with E-state index in [0.717, 1.165) is 58.4 Å². The van der Waals surface area contributed by atoms with Crippen LogP contribution in [0.5, 0.6) is 0 Å². The fraction of sp³-hybridized carbons (Fsp3) is 0.517. The second kappa shape index (κ2) is 9.53. The van der Waals surface area contributed by atoms with E-state index in [-0.39, 0.29) is 16.7 Å². The number of carbonyl (C=O) groups excluding carboxylic acids is 2. The van der Waals surface area contributed by atoms with Crippen LogP contribution in [0.2, 0.25) is 0 Å². The molecule has 0 aromatic heterocycles. The fourth-order valence-electron chi connectivity index (χ4n) is 6.42. The predicted molar refractivity (Wildman–Crippen MR) is 134 cm³/mol. The highest BCUT2D eigenvalue weighted by Crippen LogP contribution is 2.49. The first kappa shape index (κ1) is 23.1. The molecule has 3 aliphatic heterocycles. The second-order valence-corrected chi connectivity index (χ2v) is 10.9. The summed E-state index contributed by atoms with van der Waals surface area (Å²) in [5.74, 6) is 0.795. The van der Waals surface area contributed by atoms with Gasteiger partial charge in [-0.15, -0.1) is 0 Å². The Labute approximate surface area is 203 Å². The molecular formula is C29H37N3O2. The summed E-state index contributed by atoms with van der Waals surface area (Å²) in [7, 11) is 0. The monoisotopic (exact) mass is 459 g/mol. The maximum absolute atomic E-state index is 13.7. The minimum atomic E-state index is -0.277. The van der Waals surface area contributed by atoms with Crippen molar-refractivity contribution in [3.63, 3.8) is 0 Å². The molecule has 0 aliphatic carbocycles. The van der Waals surface area contributed by atoms with E-state index < -0.39 is 0 Å². The number of piperidine rings is 3. The number of amides is 2. The van der Waals surface area contributed by atoms with Gasteiger partial charge in [0.05, 0.1) is 0 Å². The van der Waals surface area contributed by atoms with Gasteiger partial charge in [0.2, 0.25) is 11.8 Å². The molecule has 3 fully saturated rings. The minimum absolute atomic E-state index is 0.0413. The zero-order valence-corrected chi connectivity index (χ0v) is 20.3. The molecule has 0 radical (unpaired) electrons. The molecule has 5 nitrogen and oxygen atoms in total. The number of benzene rings is 2. The lowest BCUT2D eigenvalue weighted by atomic mass is 9.62. The Bertz CT molecular complexity index is 991. The summed E-state index contributed by atoms with van der Waals surface area (Å²) in [5.41, 5.74) is 2.32. The van der Waals surface area contributed by atoms with E-state index in [9.17, 15) is 9.59 Å². The van der Waals surface area contributed by atoms with Crippen LogP contribution in [0.4, 0.5) is 0 Å². The maximum Gasteiger partial charge on any atom is 0.228 e. The average molecular weight is 460 g/mol. The molecule has 5 heteroatoms. The van der Waals surface area contributed by atoms with Crippen LogP contribution >= 0.6 is 0 Å². The van der Waals surface area contributed by atoms with Crippen molar-refractivity contribution in [1.29, 1.82) is 0 Å². The molecule has 2 aromatic rings. The quantitative estimate of drug-likeness (QED) is 0.746. The Morgan fingerprint density at radius 2 is 1.53 bits per heavy atom. The van der Waals surface area contributed by atoms with Crippen molar-refractivity contribution in [2.24, 2.45) is 10.8 Å². The predicted octanol–water partition coefficient (Wildman–Crippen LogP) is 4.20. The third-order valence-corrected chi connectivity index (χ3v) is 8.73. The van der Waals surface area contributed by atoms with Crippen molar-refractivity contribution in [3.8, 4) is 0 Å². The number of carbonyl (C=O) groups is 2. The van der Waals surface area contributed by atoms with Gasteiger partial charge in [0, 0.05) is 43.9 Å². The molecule has 1 atom stereocenters. The minimum Gasteiger partial charge on any atom is -0.355 e. The molecule has 34 heavy (non-hydrogen) atoms. The molecule has 1 N–H and O–H groups in total. The lowest BCUT2D eigenvalue weighted by Crippen LogP contribution is -2.55. The first-order valence-corrected chi connectivity index (χ1v) is 12.8. The largest absolute Gasteiger partial charge is 0.355 e. The average Bonchev–Trinajstić information content (AvgIpc) is 2.87. The molecule has 180 valence electrons. The normalized spacial score (nSPS) is 24.6. The highest BCUT2D eigenvalue weighted by molar-refractivity contribution is 5.83. The Kier molecular flexibility index (Phi) is 6.48. The second-order valence-electron chi connectivity index (χ2n) is 10.9. The van der Waals surface area contributed by atoms with Crippen LogP contribution in [0.15, 0.2) is 60.7 Å². The van der Waals surface area contributed by atoms with Crippen LogP contribution in [0, 0.1) is 10.8 Å². The Morgan fingerprint density at radius 1 is 0.912 bits per heavy atom. The van der Waals surface area contributed by atoms with E-state index in [1.54, 1.807) is 0 Å². The van der Waals surface area contributed by atoms with Gasteiger partial charge in [0.1, 0.15) is 0 Å². The molecule has 1 spiro atoms.